The van der Waals surface area contributed by atoms with E-state index in [4.69, 9.17) is 4.74 Å². The van der Waals surface area contributed by atoms with E-state index in [0.29, 0.717) is 29.5 Å². The Morgan fingerprint density at radius 2 is 1.68 bits per heavy atom. The number of nitrogens with one attached hydrogen (secondary N) is 2. The van der Waals surface area contributed by atoms with Crippen LogP contribution in [0, 0.1) is 11.7 Å². The van der Waals surface area contributed by atoms with Crippen LogP contribution in [0.2, 0.25) is 0 Å². The van der Waals surface area contributed by atoms with E-state index in [9.17, 15) is 31.2 Å². The van der Waals surface area contributed by atoms with E-state index in [0.717, 1.165) is 29.8 Å². The fourth-order valence-electron chi connectivity index (χ4n) is 5.73. The average molecular weight is 716 g/mol. The molecule has 0 radical (unpaired) electrons. The van der Waals surface area contributed by atoms with Gasteiger partial charge in [0.2, 0.25) is 0 Å². The standard InChI is InChI=1S/C35H37F4N5O5S/c1-33(2,3)49-32(46)41-21-23-6-5-7-26(18-23)44-29(20-30(43-44)35(37,38)39)31(45)42-28-19-25(10-11-27(28)36)34(50(4,47)48,15-12-22-8-9-22)24-13-16-40-17-14-24/h5-7,10-11,13-14,16-20,22H,8-9,12,15,21H2,1-4H3,(H,41,46)(H,42,45). The first-order chi connectivity index (χ1) is 23.4. The summed E-state index contributed by atoms with van der Waals surface area (Å²) in [6.07, 6.45) is 1.08. The maximum atomic E-state index is 15.4. The van der Waals surface area contributed by atoms with Gasteiger partial charge in [0.15, 0.2) is 15.5 Å². The van der Waals surface area contributed by atoms with Gasteiger partial charge in [-0.05, 0) is 92.6 Å². The van der Waals surface area contributed by atoms with Gasteiger partial charge in [0.25, 0.3) is 5.91 Å². The van der Waals surface area contributed by atoms with Crippen LogP contribution in [0.3, 0.4) is 0 Å². The summed E-state index contributed by atoms with van der Waals surface area (Å²) in [4.78, 5) is 29.8. The highest BCUT2D eigenvalue weighted by molar-refractivity contribution is 7.91. The Hall–Kier alpha value is -4.79. The Bertz CT molecular complexity index is 1990. The minimum Gasteiger partial charge on any atom is -0.444 e. The summed E-state index contributed by atoms with van der Waals surface area (Å²) in [5.41, 5.74) is -2.03. The van der Waals surface area contributed by atoms with Crippen molar-refractivity contribution in [1.82, 2.24) is 20.1 Å². The third-order valence-corrected chi connectivity index (χ3v) is 10.2. The van der Waals surface area contributed by atoms with Crippen molar-refractivity contribution in [2.75, 3.05) is 11.6 Å². The molecule has 5 rings (SSSR count). The molecule has 1 unspecified atom stereocenters. The van der Waals surface area contributed by atoms with Crippen molar-refractivity contribution >= 4 is 27.5 Å². The number of alkyl carbamates (subject to hydrolysis) is 1. The highest BCUT2D eigenvalue weighted by Gasteiger charge is 2.45. The Balaban J connectivity index is 1.51. The minimum atomic E-state index is -4.93. The number of carbonyl (C=O) groups excluding carboxylic acids is 2. The summed E-state index contributed by atoms with van der Waals surface area (Å²) < 4.78 is 88.7. The predicted molar refractivity (Wildman–Crippen MR) is 178 cm³/mol. The van der Waals surface area contributed by atoms with Crippen LogP contribution in [-0.2, 0) is 32.0 Å². The van der Waals surface area contributed by atoms with Crippen molar-refractivity contribution in [3.8, 4) is 5.69 Å². The van der Waals surface area contributed by atoms with Crippen LogP contribution in [0.25, 0.3) is 5.69 Å². The molecule has 0 saturated heterocycles. The van der Waals surface area contributed by atoms with Gasteiger partial charge in [0, 0.05) is 31.3 Å². The molecule has 0 bridgehead atoms. The Morgan fingerprint density at radius 1 is 0.980 bits per heavy atom. The number of anilines is 1. The lowest BCUT2D eigenvalue weighted by Crippen LogP contribution is -2.37. The van der Waals surface area contributed by atoms with Gasteiger partial charge in [-0.25, -0.2) is 22.3 Å². The first kappa shape index (κ1) is 36.5. The van der Waals surface area contributed by atoms with E-state index in [2.05, 4.69) is 20.7 Å². The van der Waals surface area contributed by atoms with Gasteiger partial charge in [-0.15, -0.1) is 0 Å². The Kier molecular flexibility index (Phi) is 10.1. The molecule has 1 fully saturated rings. The van der Waals surface area contributed by atoms with Gasteiger partial charge in [-0.2, -0.15) is 18.3 Å². The summed E-state index contributed by atoms with van der Waals surface area (Å²) in [6.45, 7) is 5.03. The second-order valence-electron chi connectivity index (χ2n) is 13.3. The number of ether oxygens (including phenoxy) is 1. The number of halogens is 4. The molecule has 4 aromatic rings. The lowest BCUT2D eigenvalue weighted by Gasteiger charge is -2.34. The molecule has 2 N–H and O–H groups in total. The van der Waals surface area contributed by atoms with Crippen molar-refractivity contribution in [3.05, 3.63) is 107 Å². The number of aromatic nitrogens is 3. The van der Waals surface area contributed by atoms with Gasteiger partial charge in [0.1, 0.15) is 21.9 Å². The molecule has 2 aromatic heterocycles. The summed E-state index contributed by atoms with van der Waals surface area (Å²) in [7, 11) is -3.93. The van der Waals surface area contributed by atoms with Gasteiger partial charge in [-0.1, -0.05) is 31.0 Å². The Labute approximate surface area is 287 Å². The van der Waals surface area contributed by atoms with E-state index in [1.807, 2.05) is 0 Å². The summed E-state index contributed by atoms with van der Waals surface area (Å²) >= 11 is 0. The maximum Gasteiger partial charge on any atom is 0.435 e. The van der Waals surface area contributed by atoms with Crippen molar-refractivity contribution in [2.45, 2.75) is 69.5 Å². The smallest absolute Gasteiger partial charge is 0.435 e. The van der Waals surface area contributed by atoms with Crippen LogP contribution in [-0.4, -0.2) is 47.0 Å². The maximum absolute atomic E-state index is 15.4. The van der Waals surface area contributed by atoms with E-state index >= 15 is 4.39 Å². The van der Waals surface area contributed by atoms with Crippen LogP contribution >= 0.6 is 0 Å². The molecule has 266 valence electrons. The molecular formula is C35H37F4N5O5S. The monoisotopic (exact) mass is 715 g/mol. The van der Waals surface area contributed by atoms with Gasteiger partial charge in [-0.3, -0.25) is 9.78 Å². The number of alkyl halides is 3. The predicted octanol–water partition coefficient (Wildman–Crippen LogP) is 7.18. The molecular weight excluding hydrogens is 678 g/mol. The van der Waals surface area contributed by atoms with Gasteiger partial charge >= 0.3 is 12.3 Å². The van der Waals surface area contributed by atoms with Crippen LogP contribution < -0.4 is 10.6 Å². The highest BCUT2D eigenvalue weighted by Crippen LogP contribution is 2.46. The lowest BCUT2D eigenvalue weighted by molar-refractivity contribution is -0.141. The molecule has 1 aliphatic carbocycles. The number of rotatable bonds is 11. The van der Waals surface area contributed by atoms with E-state index in [-0.39, 0.29) is 24.2 Å². The summed E-state index contributed by atoms with van der Waals surface area (Å²) in [6, 6.07) is 13.2. The van der Waals surface area contributed by atoms with Gasteiger partial charge in [0.05, 0.1) is 11.4 Å². The number of hydrogen-bond donors (Lipinski definition) is 2. The van der Waals surface area contributed by atoms with Crippen LogP contribution in [0.15, 0.2) is 73.1 Å². The number of benzene rings is 2. The van der Waals surface area contributed by atoms with Crippen LogP contribution in [0.1, 0.15) is 79.3 Å². The third-order valence-electron chi connectivity index (χ3n) is 8.29. The molecule has 2 aromatic carbocycles. The quantitative estimate of drug-likeness (QED) is 0.157. The molecule has 2 amide bonds. The molecule has 1 saturated carbocycles. The first-order valence-electron chi connectivity index (χ1n) is 15.8. The number of pyridine rings is 1. The molecule has 0 aliphatic heterocycles. The summed E-state index contributed by atoms with van der Waals surface area (Å²) in [5.74, 6) is -1.71. The number of carbonyl (C=O) groups is 2. The second kappa shape index (κ2) is 13.8. The fourth-order valence-corrected chi connectivity index (χ4v) is 7.34. The largest absolute Gasteiger partial charge is 0.444 e. The zero-order valence-electron chi connectivity index (χ0n) is 27.8. The SMILES string of the molecule is CC(C)(C)OC(=O)NCc1cccc(-n2nc(C(F)(F)F)cc2C(=O)Nc2cc(C(CCC3CC3)(c3ccncc3)S(C)(=O)=O)ccc2F)c1. The van der Waals surface area contributed by atoms with Crippen LogP contribution in [0.4, 0.5) is 28.0 Å². The third kappa shape index (κ3) is 8.32. The van der Waals surface area contributed by atoms with Crippen molar-refractivity contribution in [2.24, 2.45) is 5.92 Å². The zero-order chi connectivity index (χ0) is 36.5. The highest BCUT2D eigenvalue weighted by atomic mass is 32.2. The number of nitrogens with zero attached hydrogens (tertiary/aromatic N) is 3. The molecule has 0 spiro atoms. The average Bonchev–Trinajstić information content (AvgIpc) is 3.74. The van der Waals surface area contributed by atoms with E-state index < -0.39 is 61.3 Å². The van der Waals surface area contributed by atoms with Gasteiger partial charge < -0.3 is 15.4 Å². The molecule has 1 atom stereocenters. The van der Waals surface area contributed by atoms with Crippen molar-refractivity contribution in [3.63, 3.8) is 0 Å². The molecule has 10 nitrogen and oxygen atoms in total. The normalized spacial score (nSPS) is 14.9. The molecule has 1 aliphatic rings. The summed E-state index contributed by atoms with van der Waals surface area (Å²) in [5, 5.41) is 8.54. The van der Waals surface area contributed by atoms with Crippen molar-refractivity contribution < 1.29 is 40.3 Å². The fraction of sp³-hybridized carbons (Fsp3) is 0.371. The lowest BCUT2D eigenvalue weighted by atomic mass is 9.85. The van der Waals surface area contributed by atoms with Crippen LogP contribution in [0.5, 0.6) is 0 Å². The van der Waals surface area contributed by atoms with Crippen molar-refractivity contribution in [1.29, 1.82) is 0 Å². The minimum absolute atomic E-state index is 0.0456. The zero-order valence-corrected chi connectivity index (χ0v) is 28.7. The topological polar surface area (TPSA) is 132 Å². The second-order valence-corrected chi connectivity index (χ2v) is 15.6. The van der Waals surface area contributed by atoms with E-state index in [1.165, 1.54) is 42.7 Å². The molecule has 2 heterocycles. The number of hydrogen-bond acceptors (Lipinski definition) is 7. The number of amides is 2. The van der Waals surface area contributed by atoms with E-state index in [1.54, 1.807) is 39.0 Å². The molecule has 15 heteroatoms. The Morgan fingerprint density at radius 3 is 2.30 bits per heavy atom. The molecule has 50 heavy (non-hydrogen) atoms. The number of sulfone groups is 1. The first-order valence-corrected chi connectivity index (χ1v) is 17.7.